The number of nitrogens with one attached hydrogen (secondary N) is 1. The maximum atomic E-state index is 11.7. The van der Waals surface area contributed by atoms with E-state index in [2.05, 4.69) is 20.6 Å². The van der Waals surface area contributed by atoms with Crippen LogP contribution in [0.1, 0.15) is 16.2 Å². The number of ketones is 1. The Morgan fingerprint density at radius 1 is 1.29 bits per heavy atom. The molecule has 0 aliphatic rings. The number of benzene rings is 1. The highest BCUT2D eigenvalue weighted by Crippen LogP contribution is 2.29. The number of tetrazole rings is 1. The fourth-order valence-electron chi connectivity index (χ4n) is 1.76. The van der Waals surface area contributed by atoms with Crippen molar-refractivity contribution in [2.24, 2.45) is 0 Å². The lowest BCUT2D eigenvalue weighted by Crippen LogP contribution is -1.99. The first kappa shape index (κ1) is 13.2. The molecule has 0 bridgehead atoms. The second kappa shape index (κ2) is 5.68. The average molecular weight is 298 g/mol. The number of carbonyl (C=O) groups is 1. The lowest BCUT2D eigenvalue weighted by atomic mass is 10.1. The lowest BCUT2D eigenvalue weighted by Gasteiger charge is -1.96. The van der Waals surface area contributed by atoms with E-state index in [-0.39, 0.29) is 11.6 Å². The summed E-state index contributed by atoms with van der Waals surface area (Å²) in [7, 11) is 0. The third-order valence-corrected chi connectivity index (χ3v) is 3.77. The van der Waals surface area contributed by atoms with Crippen LogP contribution in [0.15, 0.2) is 47.9 Å². The Balaban J connectivity index is 1.84. The molecule has 0 radical (unpaired) electrons. The molecule has 3 rings (SSSR count). The van der Waals surface area contributed by atoms with E-state index in [1.54, 1.807) is 5.38 Å². The van der Waals surface area contributed by atoms with Crippen LogP contribution in [0.25, 0.3) is 16.2 Å². The fraction of sp³-hybridized carbons (Fsp3) is 0. The minimum absolute atomic E-state index is 0.0833. The number of allylic oxidation sites excluding steroid dienone is 1. The maximum absolute atomic E-state index is 11.7. The largest absolute Gasteiger partial charge is 0.507 e. The molecule has 0 atom stereocenters. The second-order valence-corrected chi connectivity index (χ2v) is 5.11. The summed E-state index contributed by atoms with van der Waals surface area (Å²) in [5.74, 6) is -0.711. The zero-order valence-corrected chi connectivity index (χ0v) is 11.5. The van der Waals surface area contributed by atoms with Gasteiger partial charge in [0, 0.05) is 21.9 Å². The Hall–Kier alpha value is -2.80. The molecule has 0 saturated carbocycles. The van der Waals surface area contributed by atoms with Gasteiger partial charge >= 0.3 is 0 Å². The molecule has 2 N–H and O–H groups in total. The van der Waals surface area contributed by atoms with Crippen molar-refractivity contribution in [3.05, 3.63) is 59.2 Å². The number of hydrogen-bond acceptors (Lipinski definition) is 6. The first-order valence-corrected chi connectivity index (χ1v) is 6.95. The average Bonchev–Trinajstić information content (AvgIpc) is 3.20. The molecule has 0 aliphatic heterocycles. The van der Waals surface area contributed by atoms with Gasteiger partial charge in [-0.25, -0.2) is 0 Å². The van der Waals surface area contributed by atoms with E-state index in [1.165, 1.54) is 11.3 Å². The van der Waals surface area contributed by atoms with Gasteiger partial charge in [0.1, 0.15) is 5.76 Å². The molecule has 0 aliphatic carbocycles. The van der Waals surface area contributed by atoms with E-state index in [1.807, 2.05) is 36.4 Å². The summed E-state index contributed by atoms with van der Waals surface area (Å²) in [6, 6.07) is 11.6. The smallest absolute Gasteiger partial charge is 0.244 e. The third kappa shape index (κ3) is 2.87. The number of aliphatic hydroxyl groups is 1. The van der Waals surface area contributed by atoms with Crippen LogP contribution in [0, 0.1) is 0 Å². The number of aromatic amines is 1. The minimum Gasteiger partial charge on any atom is -0.507 e. The Bertz CT molecular complexity index is 778. The summed E-state index contributed by atoms with van der Waals surface area (Å²) in [5, 5.41) is 24.4. The van der Waals surface area contributed by atoms with Gasteiger partial charge in [-0.2, -0.15) is 5.21 Å². The second-order valence-electron chi connectivity index (χ2n) is 4.19. The van der Waals surface area contributed by atoms with E-state index >= 15 is 0 Å². The number of aliphatic hydroxyl groups excluding tert-OH is 1. The molecule has 0 amide bonds. The van der Waals surface area contributed by atoms with Crippen LogP contribution in [0.3, 0.4) is 0 Å². The van der Waals surface area contributed by atoms with Crippen LogP contribution in [0.5, 0.6) is 0 Å². The Morgan fingerprint density at radius 3 is 2.81 bits per heavy atom. The number of rotatable bonds is 4. The number of carbonyl (C=O) groups excluding carboxylic acids is 1. The Morgan fingerprint density at radius 2 is 2.10 bits per heavy atom. The molecule has 1 aromatic carbocycles. The van der Waals surface area contributed by atoms with Crippen molar-refractivity contribution in [2.75, 3.05) is 0 Å². The molecule has 3 aromatic rings. The quantitative estimate of drug-likeness (QED) is 0.439. The van der Waals surface area contributed by atoms with Gasteiger partial charge < -0.3 is 5.11 Å². The summed E-state index contributed by atoms with van der Waals surface area (Å²) in [5.41, 5.74) is 1.64. The number of nitrogens with zero attached hydrogens (tertiary/aromatic N) is 3. The Labute approximate surface area is 123 Å². The van der Waals surface area contributed by atoms with Crippen molar-refractivity contribution >= 4 is 22.9 Å². The minimum atomic E-state index is -0.506. The first-order valence-electron chi connectivity index (χ1n) is 6.07. The lowest BCUT2D eigenvalue weighted by molar-refractivity contribution is 0.103. The van der Waals surface area contributed by atoms with Crippen LogP contribution in [-0.2, 0) is 0 Å². The molecule has 7 heteroatoms. The van der Waals surface area contributed by atoms with E-state index in [4.69, 9.17) is 0 Å². The molecule has 2 heterocycles. The fourth-order valence-corrected chi connectivity index (χ4v) is 2.67. The van der Waals surface area contributed by atoms with Crippen molar-refractivity contribution in [3.8, 4) is 10.4 Å². The van der Waals surface area contributed by atoms with Gasteiger partial charge in [-0.3, -0.25) is 4.79 Å². The molecule has 0 saturated heterocycles. The van der Waals surface area contributed by atoms with Gasteiger partial charge in [0.2, 0.25) is 11.6 Å². The highest BCUT2D eigenvalue weighted by Gasteiger charge is 2.11. The molecule has 2 aromatic heterocycles. The topological polar surface area (TPSA) is 91.8 Å². The molecule has 21 heavy (non-hydrogen) atoms. The van der Waals surface area contributed by atoms with Gasteiger partial charge in [0.05, 0.1) is 0 Å². The normalized spacial score (nSPS) is 11.5. The third-order valence-electron chi connectivity index (χ3n) is 2.79. The van der Waals surface area contributed by atoms with Gasteiger partial charge in [0.25, 0.3) is 0 Å². The molecule has 0 fully saturated rings. The molecule has 6 nitrogen and oxygen atoms in total. The summed E-state index contributed by atoms with van der Waals surface area (Å²) < 4.78 is 0. The predicted octanol–water partition coefficient (Wildman–Crippen LogP) is 2.71. The van der Waals surface area contributed by atoms with E-state index in [9.17, 15) is 9.90 Å². The maximum Gasteiger partial charge on any atom is 0.244 e. The van der Waals surface area contributed by atoms with Crippen LogP contribution >= 0.6 is 11.3 Å². The molecular formula is C14H10N4O2S. The highest BCUT2D eigenvalue weighted by molar-refractivity contribution is 7.13. The first-order chi connectivity index (χ1) is 10.2. The number of hydrogen-bond donors (Lipinski definition) is 2. The molecular weight excluding hydrogens is 288 g/mol. The summed E-state index contributed by atoms with van der Waals surface area (Å²) in [6.07, 6.45) is 1.08. The highest BCUT2D eigenvalue weighted by atomic mass is 32.1. The number of thiophene rings is 1. The van der Waals surface area contributed by atoms with Crippen molar-refractivity contribution in [1.29, 1.82) is 0 Å². The van der Waals surface area contributed by atoms with Crippen molar-refractivity contribution in [3.63, 3.8) is 0 Å². The van der Waals surface area contributed by atoms with Crippen LogP contribution in [0.4, 0.5) is 0 Å². The van der Waals surface area contributed by atoms with Crippen LogP contribution < -0.4 is 0 Å². The van der Waals surface area contributed by atoms with Crippen LogP contribution in [-0.4, -0.2) is 31.5 Å². The summed E-state index contributed by atoms with van der Waals surface area (Å²) >= 11 is 1.49. The summed E-state index contributed by atoms with van der Waals surface area (Å²) in [6.45, 7) is 0. The zero-order chi connectivity index (χ0) is 14.7. The van der Waals surface area contributed by atoms with E-state index in [0.29, 0.717) is 5.56 Å². The molecule has 0 spiro atoms. The Kier molecular flexibility index (Phi) is 3.57. The molecule has 0 unspecified atom stereocenters. The van der Waals surface area contributed by atoms with Crippen LogP contribution in [0.2, 0.25) is 0 Å². The van der Waals surface area contributed by atoms with Gasteiger partial charge in [-0.05, 0) is 16.8 Å². The predicted molar refractivity (Wildman–Crippen MR) is 78.9 cm³/mol. The van der Waals surface area contributed by atoms with Crippen molar-refractivity contribution < 1.29 is 9.90 Å². The SMILES string of the molecule is O=C(C=C(O)c1csc(-c2ccccc2)c1)c1nn[nH]n1. The van der Waals surface area contributed by atoms with Crippen molar-refractivity contribution in [1.82, 2.24) is 20.6 Å². The zero-order valence-electron chi connectivity index (χ0n) is 10.7. The monoisotopic (exact) mass is 298 g/mol. The van der Waals surface area contributed by atoms with Gasteiger partial charge in [0.15, 0.2) is 0 Å². The van der Waals surface area contributed by atoms with Gasteiger partial charge in [-0.15, -0.1) is 21.5 Å². The van der Waals surface area contributed by atoms with E-state index in [0.717, 1.165) is 16.5 Å². The number of H-pyrrole nitrogens is 1. The molecule has 104 valence electrons. The van der Waals surface area contributed by atoms with Gasteiger partial charge in [-0.1, -0.05) is 30.3 Å². The van der Waals surface area contributed by atoms with Crippen molar-refractivity contribution in [2.45, 2.75) is 0 Å². The number of aromatic nitrogens is 4. The summed E-state index contributed by atoms with van der Waals surface area (Å²) in [4.78, 5) is 12.8. The van der Waals surface area contributed by atoms with E-state index < -0.39 is 5.78 Å². The standard InChI is InChI=1S/C14H10N4O2S/c19-11(7-12(20)14-15-17-18-16-14)10-6-13(21-8-10)9-4-2-1-3-5-9/h1-8,19H,(H,15,16,17,18).